The summed E-state index contributed by atoms with van der Waals surface area (Å²) in [6.45, 7) is 3.66. The Labute approximate surface area is 138 Å². The van der Waals surface area contributed by atoms with Gasteiger partial charge in [-0.2, -0.15) is 0 Å². The third kappa shape index (κ3) is 4.24. The van der Waals surface area contributed by atoms with E-state index >= 15 is 0 Å². The number of aryl methyl sites for hydroxylation is 1. The molecule has 0 heterocycles. The molecular formula is C17H18BrNO3. The summed E-state index contributed by atoms with van der Waals surface area (Å²) in [5, 5.41) is 2.84. The van der Waals surface area contributed by atoms with Crippen molar-refractivity contribution in [3.8, 4) is 11.5 Å². The van der Waals surface area contributed by atoms with Crippen LogP contribution in [0, 0.1) is 6.92 Å². The minimum atomic E-state index is -0.619. The second kappa shape index (κ2) is 7.31. The van der Waals surface area contributed by atoms with Gasteiger partial charge in [0.2, 0.25) is 0 Å². The summed E-state index contributed by atoms with van der Waals surface area (Å²) in [5.74, 6) is 1.03. The lowest BCUT2D eigenvalue weighted by molar-refractivity contribution is -0.122. The van der Waals surface area contributed by atoms with E-state index in [1.807, 2.05) is 37.3 Å². The molecule has 0 radical (unpaired) electrons. The minimum Gasteiger partial charge on any atom is -0.495 e. The number of hydrogen-bond donors (Lipinski definition) is 1. The Morgan fingerprint density at radius 1 is 1.18 bits per heavy atom. The fraction of sp³-hybridized carbons (Fsp3) is 0.235. The van der Waals surface area contributed by atoms with Gasteiger partial charge in [-0.25, -0.2) is 0 Å². The zero-order chi connectivity index (χ0) is 16.1. The van der Waals surface area contributed by atoms with Crippen molar-refractivity contribution in [1.29, 1.82) is 0 Å². The summed E-state index contributed by atoms with van der Waals surface area (Å²) in [6.07, 6.45) is -0.619. The molecule has 0 fully saturated rings. The summed E-state index contributed by atoms with van der Waals surface area (Å²) in [4.78, 5) is 12.3. The first-order valence-electron chi connectivity index (χ1n) is 6.87. The standard InChI is InChI=1S/C17H18BrNO3/c1-11-4-9-16(21-3)15(10-11)19-17(20)12(2)22-14-7-5-13(18)6-8-14/h4-10,12H,1-3H3,(H,19,20)/t12-/m0/s1. The van der Waals surface area contributed by atoms with Crippen LogP contribution in [0.5, 0.6) is 11.5 Å². The summed E-state index contributed by atoms with van der Waals surface area (Å²) < 4.78 is 11.8. The molecule has 0 bridgehead atoms. The predicted octanol–water partition coefficient (Wildman–Crippen LogP) is 4.17. The Hall–Kier alpha value is -2.01. The molecule has 1 atom stereocenters. The van der Waals surface area contributed by atoms with Crippen molar-refractivity contribution in [2.75, 3.05) is 12.4 Å². The first-order chi connectivity index (χ1) is 10.5. The number of hydrogen-bond acceptors (Lipinski definition) is 3. The van der Waals surface area contributed by atoms with Crippen LogP contribution in [-0.4, -0.2) is 19.1 Å². The predicted molar refractivity (Wildman–Crippen MR) is 90.6 cm³/mol. The molecule has 116 valence electrons. The number of anilines is 1. The van der Waals surface area contributed by atoms with Crippen LogP contribution in [0.1, 0.15) is 12.5 Å². The number of carbonyl (C=O) groups is 1. The number of carbonyl (C=O) groups excluding carboxylic acids is 1. The molecule has 0 saturated carbocycles. The molecule has 2 rings (SSSR count). The lowest BCUT2D eigenvalue weighted by Gasteiger charge is -2.16. The van der Waals surface area contributed by atoms with Crippen molar-refractivity contribution in [3.63, 3.8) is 0 Å². The van der Waals surface area contributed by atoms with Crippen LogP contribution in [0.2, 0.25) is 0 Å². The molecule has 0 spiro atoms. The number of halogens is 1. The van der Waals surface area contributed by atoms with Crippen molar-refractivity contribution in [2.24, 2.45) is 0 Å². The van der Waals surface area contributed by atoms with Crippen LogP contribution in [-0.2, 0) is 4.79 Å². The highest BCUT2D eigenvalue weighted by Gasteiger charge is 2.16. The van der Waals surface area contributed by atoms with Crippen molar-refractivity contribution in [3.05, 3.63) is 52.5 Å². The quantitative estimate of drug-likeness (QED) is 0.866. The molecule has 0 aliphatic heterocycles. The molecule has 0 aliphatic rings. The van der Waals surface area contributed by atoms with Gasteiger partial charge in [-0.3, -0.25) is 4.79 Å². The number of ether oxygens (including phenoxy) is 2. The maximum absolute atomic E-state index is 12.3. The molecule has 0 aromatic heterocycles. The van der Waals surface area contributed by atoms with E-state index in [4.69, 9.17) is 9.47 Å². The van der Waals surface area contributed by atoms with Gasteiger partial charge in [0.1, 0.15) is 11.5 Å². The van der Waals surface area contributed by atoms with Gasteiger partial charge in [0.25, 0.3) is 5.91 Å². The highest BCUT2D eigenvalue weighted by Crippen LogP contribution is 2.25. The maximum Gasteiger partial charge on any atom is 0.265 e. The molecule has 0 unspecified atom stereocenters. The average molecular weight is 364 g/mol. The second-order valence-corrected chi connectivity index (χ2v) is 5.82. The lowest BCUT2D eigenvalue weighted by Crippen LogP contribution is -2.30. The van der Waals surface area contributed by atoms with Gasteiger partial charge in [-0.15, -0.1) is 0 Å². The van der Waals surface area contributed by atoms with E-state index in [0.29, 0.717) is 17.2 Å². The highest BCUT2D eigenvalue weighted by molar-refractivity contribution is 9.10. The second-order valence-electron chi connectivity index (χ2n) is 4.91. The summed E-state index contributed by atoms with van der Waals surface area (Å²) >= 11 is 3.36. The molecule has 1 amide bonds. The van der Waals surface area contributed by atoms with Crippen LogP contribution < -0.4 is 14.8 Å². The Balaban J connectivity index is 2.05. The van der Waals surface area contributed by atoms with Gasteiger partial charge in [0.15, 0.2) is 6.10 Å². The van der Waals surface area contributed by atoms with Crippen LogP contribution in [0.25, 0.3) is 0 Å². The smallest absolute Gasteiger partial charge is 0.265 e. The lowest BCUT2D eigenvalue weighted by atomic mass is 10.2. The molecular weight excluding hydrogens is 346 g/mol. The largest absolute Gasteiger partial charge is 0.495 e. The number of rotatable bonds is 5. The summed E-state index contributed by atoms with van der Waals surface area (Å²) in [5.41, 5.74) is 1.68. The monoisotopic (exact) mass is 363 g/mol. The zero-order valence-electron chi connectivity index (χ0n) is 12.7. The minimum absolute atomic E-state index is 0.230. The fourth-order valence-electron chi connectivity index (χ4n) is 1.92. The first-order valence-corrected chi connectivity index (χ1v) is 7.66. The SMILES string of the molecule is COc1ccc(C)cc1NC(=O)[C@H](C)Oc1ccc(Br)cc1. The van der Waals surface area contributed by atoms with Crippen molar-refractivity contribution in [1.82, 2.24) is 0 Å². The molecule has 0 aliphatic carbocycles. The van der Waals surface area contributed by atoms with E-state index in [2.05, 4.69) is 21.2 Å². The van der Waals surface area contributed by atoms with Gasteiger partial charge in [-0.1, -0.05) is 22.0 Å². The summed E-state index contributed by atoms with van der Waals surface area (Å²) in [7, 11) is 1.57. The van der Waals surface area contributed by atoms with Crippen molar-refractivity contribution in [2.45, 2.75) is 20.0 Å². The third-order valence-electron chi connectivity index (χ3n) is 3.11. The van der Waals surface area contributed by atoms with Gasteiger partial charge >= 0.3 is 0 Å². The molecule has 2 aromatic rings. The molecule has 22 heavy (non-hydrogen) atoms. The Morgan fingerprint density at radius 2 is 1.86 bits per heavy atom. The average Bonchev–Trinajstić information content (AvgIpc) is 2.49. The maximum atomic E-state index is 12.3. The molecule has 2 aromatic carbocycles. The molecule has 0 saturated heterocycles. The number of benzene rings is 2. The van der Waals surface area contributed by atoms with Crippen LogP contribution in [0.4, 0.5) is 5.69 Å². The van der Waals surface area contributed by atoms with Gasteiger partial charge in [-0.05, 0) is 55.8 Å². The normalized spacial score (nSPS) is 11.6. The van der Waals surface area contributed by atoms with Crippen molar-refractivity contribution >= 4 is 27.5 Å². The Bertz CT molecular complexity index is 655. The van der Waals surface area contributed by atoms with Gasteiger partial charge < -0.3 is 14.8 Å². The van der Waals surface area contributed by atoms with E-state index in [0.717, 1.165) is 10.0 Å². The van der Waals surface area contributed by atoms with E-state index in [1.165, 1.54) is 0 Å². The van der Waals surface area contributed by atoms with Crippen LogP contribution in [0.3, 0.4) is 0 Å². The van der Waals surface area contributed by atoms with Crippen molar-refractivity contribution < 1.29 is 14.3 Å². The zero-order valence-corrected chi connectivity index (χ0v) is 14.3. The third-order valence-corrected chi connectivity index (χ3v) is 3.64. The van der Waals surface area contributed by atoms with Gasteiger partial charge in [0.05, 0.1) is 12.8 Å². The topological polar surface area (TPSA) is 47.6 Å². The number of amides is 1. The van der Waals surface area contributed by atoms with E-state index < -0.39 is 6.10 Å². The highest BCUT2D eigenvalue weighted by atomic mass is 79.9. The fourth-order valence-corrected chi connectivity index (χ4v) is 2.19. The van der Waals surface area contributed by atoms with E-state index in [9.17, 15) is 4.79 Å². The Morgan fingerprint density at radius 3 is 2.50 bits per heavy atom. The molecule has 1 N–H and O–H groups in total. The molecule has 4 nitrogen and oxygen atoms in total. The number of methoxy groups -OCH3 is 1. The Kier molecular flexibility index (Phi) is 5.44. The molecule has 5 heteroatoms. The first kappa shape index (κ1) is 16.4. The van der Waals surface area contributed by atoms with E-state index in [1.54, 1.807) is 26.2 Å². The number of nitrogens with one attached hydrogen (secondary N) is 1. The van der Waals surface area contributed by atoms with Crippen LogP contribution >= 0.6 is 15.9 Å². The van der Waals surface area contributed by atoms with Gasteiger partial charge in [0, 0.05) is 4.47 Å². The van der Waals surface area contributed by atoms with E-state index in [-0.39, 0.29) is 5.91 Å². The van der Waals surface area contributed by atoms with Crippen LogP contribution in [0.15, 0.2) is 46.9 Å². The summed E-state index contributed by atoms with van der Waals surface area (Å²) in [6, 6.07) is 13.0.